The fraction of sp³-hybridized carbons (Fsp3) is 0.304. The van der Waals surface area contributed by atoms with Gasteiger partial charge in [0.1, 0.15) is 5.75 Å². The van der Waals surface area contributed by atoms with Gasteiger partial charge in [-0.2, -0.15) is 0 Å². The minimum absolute atomic E-state index is 0.0158. The maximum atomic E-state index is 12.9. The van der Waals surface area contributed by atoms with Gasteiger partial charge in [0, 0.05) is 47.4 Å². The van der Waals surface area contributed by atoms with Gasteiger partial charge in [-0.3, -0.25) is 14.9 Å². The number of hydrogen-bond donors (Lipinski definition) is 0. The number of rotatable bonds is 5. The molecule has 30 heavy (non-hydrogen) atoms. The predicted molar refractivity (Wildman–Crippen MR) is 115 cm³/mol. The first-order valence-corrected chi connectivity index (χ1v) is 9.96. The minimum Gasteiger partial charge on any atom is -0.497 e. The third-order valence-electron chi connectivity index (χ3n) is 5.70. The summed E-state index contributed by atoms with van der Waals surface area (Å²) in [6.07, 6.45) is 1.48. The number of carbonyl (C=O) groups is 1. The second-order valence-corrected chi connectivity index (χ2v) is 7.57. The number of methoxy groups -OCH3 is 1. The molecule has 1 aliphatic rings. The summed E-state index contributed by atoms with van der Waals surface area (Å²) < 4.78 is 5.16. The second-order valence-electron chi connectivity index (χ2n) is 7.57. The van der Waals surface area contributed by atoms with Crippen molar-refractivity contribution in [2.24, 2.45) is 5.92 Å². The van der Waals surface area contributed by atoms with Gasteiger partial charge in [-0.05, 0) is 50.1 Å². The van der Waals surface area contributed by atoms with Gasteiger partial charge in [0.05, 0.1) is 12.0 Å². The zero-order valence-corrected chi connectivity index (χ0v) is 17.0. The number of nitrogens with zero attached hydrogens (tertiary/aromatic N) is 3. The summed E-state index contributed by atoms with van der Waals surface area (Å²) in [4.78, 5) is 30.5. The van der Waals surface area contributed by atoms with Crippen LogP contribution in [0.1, 0.15) is 28.9 Å². The first-order valence-electron chi connectivity index (χ1n) is 9.96. The number of ketones is 1. The van der Waals surface area contributed by atoms with Crippen molar-refractivity contribution in [1.82, 2.24) is 4.98 Å². The number of aromatic nitrogens is 1. The lowest BCUT2D eigenvalue weighted by Crippen LogP contribution is -2.36. The molecule has 0 amide bonds. The van der Waals surface area contributed by atoms with Gasteiger partial charge in [0.15, 0.2) is 11.3 Å². The monoisotopic (exact) mass is 405 g/mol. The molecule has 0 unspecified atom stereocenters. The van der Waals surface area contributed by atoms with Crippen molar-refractivity contribution in [3.05, 3.63) is 69.9 Å². The lowest BCUT2D eigenvalue weighted by molar-refractivity contribution is -0.383. The molecule has 1 fully saturated rings. The third kappa shape index (κ3) is 3.70. The quantitative estimate of drug-likeness (QED) is 0.351. The number of Topliss-reactive ketones (excluding diaryl/α,β-unsaturated/α-hetero) is 1. The molecule has 0 N–H and O–H groups in total. The number of hydrogen-bond acceptors (Lipinski definition) is 6. The third-order valence-corrected chi connectivity index (χ3v) is 5.70. The zero-order valence-electron chi connectivity index (χ0n) is 17.0. The molecule has 2 heterocycles. The molecule has 3 aromatic rings. The Labute approximate surface area is 174 Å². The number of non-ortho nitro benzene ring substituents is 1. The molecule has 0 radical (unpaired) electrons. The normalized spacial score (nSPS) is 14.7. The van der Waals surface area contributed by atoms with E-state index in [4.69, 9.17) is 4.74 Å². The number of nitro groups is 1. The van der Waals surface area contributed by atoms with Gasteiger partial charge in [-0.15, -0.1) is 0 Å². The van der Waals surface area contributed by atoms with E-state index < -0.39 is 4.92 Å². The van der Waals surface area contributed by atoms with Crippen LogP contribution < -0.4 is 9.64 Å². The molecule has 1 saturated heterocycles. The predicted octanol–water partition coefficient (Wildman–Crippen LogP) is 4.56. The zero-order chi connectivity index (χ0) is 21.3. The standard InChI is InChI=1S/C23H23N3O4/c1-15-14-21(19-4-3-5-20(26(28)29)22(19)24-15)25-12-10-17(11-13-25)23(27)16-6-8-18(30-2)9-7-16/h3-9,14,17H,10-13H2,1-2H3. The molecule has 1 aliphatic heterocycles. The summed E-state index contributed by atoms with van der Waals surface area (Å²) in [7, 11) is 1.60. The van der Waals surface area contributed by atoms with E-state index in [1.165, 1.54) is 6.07 Å². The highest BCUT2D eigenvalue weighted by molar-refractivity contribution is 5.99. The smallest absolute Gasteiger partial charge is 0.295 e. The van der Waals surface area contributed by atoms with E-state index in [2.05, 4.69) is 9.88 Å². The van der Waals surface area contributed by atoms with Crippen LogP contribution >= 0.6 is 0 Å². The lowest BCUT2D eigenvalue weighted by atomic mass is 9.88. The number of pyridine rings is 1. The highest BCUT2D eigenvalue weighted by atomic mass is 16.6. The largest absolute Gasteiger partial charge is 0.497 e. The number of para-hydroxylation sites is 1. The van der Waals surface area contributed by atoms with Crippen molar-refractivity contribution >= 4 is 28.1 Å². The van der Waals surface area contributed by atoms with E-state index in [1.54, 1.807) is 25.3 Å². The number of carbonyl (C=O) groups excluding carboxylic acids is 1. The summed E-state index contributed by atoms with van der Waals surface area (Å²) in [5, 5.41) is 12.2. The Kier molecular flexibility index (Phi) is 5.35. The summed E-state index contributed by atoms with van der Waals surface area (Å²) >= 11 is 0. The number of fused-ring (bicyclic) bond motifs is 1. The van der Waals surface area contributed by atoms with Crippen LogP contribution in [0.25, 0.3) is 10.9 Å². The Hall–Kier alpha value is -3.48. The summed E-state index contributed by atoms with van der Waals surface area (Å²) in [6, 6.07) is 14.3. The Morgan fingerprint density at radius 1 is 1.17 bits per heavy atom. The molecule has 2 aromatic carbocycles. The summed E-state index contributed by atoms with van der Waals surface area (Å²) in [6.45, 7) is 3.28. The van der Waals surface area contributed by atoms with Crippen LogP contribution in [0.4, 0.5) is 11.4 Å². The number of aryl methyl sites for hydroxylation is 1. The van der Waals surface area contributed by atoms with E-state index in [9.17, 15) is 14.9 Å². The van der Waals surface area contributed by atoms with Crippen LogP contribution in [0.15, 0.2) is 48.5 Å². The molecule has 1 aromatic heterocycles. The van der Waals surface area contributed by atoms with Crippen molar-refractivity contribution in [2.75, 3.05) is 25.1 Å². The van der Waals surface area contributed by atoms with Gasteiger partial charge >= 0.3 is 0 Å². The van der Waals surface area contributed by atoms with Crippen molar-refractivity contribution in [3.63, 3.8) is 0 Å². The number of anilines is 1. The van der Waals surface area contributed by atoms with Gasteiger partial charge in [-0.25, -0.2) is 4.98 Å². The maximum absolute atomic E-state index is 12.9. The Balaban J connectivity index is 1.55. The number of ether oxygens (including phenoxy) is 1. The topological polar surface area (TPSA) is 85.6 Å². The first-order chi connectivity index (χ1) is 14.5. The molecule has 4 rings (SSSR count). The average Bonchev–Trinajstić information content (AvgIpc) is 2.77. The van der Waals surface area contributed by atoms with Gasteiger partial charge < -0.3 is 9.64 Å². The van der Waals surface area contributed by atoms with Gasteiger partial charge in [0.25, 0.3) is 5.69 Å². The van der Waals surface area contributed by atoms with E-state index in [0.717, 1.165) is 35.4 Å². The molecule has 154 valence electrons. The molecule has 0 saturated carbocycles. The van der Waals surface area contributed by atoms with E-state index in [1.807, 2.05) is 31.2 Å². The Bertz CT molecular complexity index is 1100. The Morgan fingerprint density at radius 3 is 2.50 bits per heavy atom. The molecule has 0 aliphatic carbocycles. The molecule has 7 heteroatoms. The number of nitro benzene ring substituents is 1. The van der Waals surface area contributed by atoms with Crippen molar-refractivity contribution in [1.29, 1.82) is 0 Å². The minimum atomic E-state index is -0.391. The molecule has 0 bridgehead atoms. The van der Waals surface area contributed by atoms with E-state index >= 15 is 0 Å². The van der Waals surface area contributed by atoms with Gasteiger partial charge in [-0.1, -0.05) is 12.1 Å². The van der Waals surface area contributed by atoms with Crippen molar-refractivity contribution in [3.8, 4) is 5.75 Å². The first kappa shape index (κ1) is 19.8. The SMILES string of the molecule is COc1ccc(C(=O)C2CCN(c3cc(C)nc4c([N+](=O)[O-])cccc34)CC2)cc1. The average molecular weight is 405 g/mol. The van der Waals surface area contributed by atoms with Crippen LogP contribution in [0.5, 0.6) is 5.75 Å². The number of benzene rings is 2. The molecule has 7 nitrogen and oxygen atoms in total. The molecular formula is C23H23N3O4. The van der Waals surface area contributed by atoms with E-state index in [-0.39, 0.29) is 17.4 Å². The molecular weight excluding hydrogens is 382 g/mol. The summed E-state index contributed by atoms with van der Waals surface area (Å²) in [5.41, 5.74) is 2.81. The van der Waals surface area contributed by atoms with E-state index in [0.29, 0.717) is 24.2 Å². The Morgan fingerprint density at radius 2 is 1.87 bits per heavy atom. The van der Waals surface area contributed by atoms with Crippen molar-refractivity contribution in [2.45, 2.75) is 19.8 Å². The fourth-order valence-corrected chi connectivity index (χ4v) is 4.12. The maximum Gasteiger partial charge on any atom is 0.295 e. The number of piperidine rings is 1. The molecule has 0 spiro atoms. The molecule has 0 atom stereocenters. The highest BCUT2D eigenvalue weighted by Gasteiger charge is 2.27. The van der Waals surface area contributed by atoms with Crippen molar-refractivity contribution < 1.29 is 14.5 Å². The summed E-state index contributed by atoms with van der Waals surface area (Å²) in [5.74, 6) is 0.859. The van der Waals surface area contributed by atoms with Crippen LogP contribution in [-0.2, 0) is 0 Å². The van der Waals surface area contributed by atoms with Gasteiger partial charge in [0.2, 0.25) is 0 Å². The van der Waals surface area contributed by atoms with Crippen LogP contribution in [0.3, 0.4) is 0 Å². The lowest BCUT2D eigenvalue weighted by Gasteiger charge is -2.33. The van der Waals surface area contributed by atoms with Crippen LogP contribution in [-0.4, -0.2) is 35.9 Å². The fourth-order valence-electron chi connectivity index (χ4n) is 4.12. The van der Waals surface area contributed by atoms with Crippen LogP contribution in [0, 0.1) is 23.0 Å². The highest BCUT2D eigenvalue weighted by Crippen LogP contribution is 2.34. The second kappa shape index (κ2) is 8.10. The van der Waals surface area contributed by atoms with Crippen LogP contribution in [0.2, 0.25) is 0 Å².